The van der Waals surface area contributed by atoms with Crippen molar-refractivity contribution >= 4 is 5.91 Å². The van der Waals surface area contributed by atoms with Crippen molar-refractivity contribution in [3.05, 3.63) is 23.5 Å². The first-order valence-electron chi connectivity index (χ1n) is 6.22. The van der Waals surface area contributed by atoms with Gasteiger partial charge in [0, 0.05) is 25.3 Å². The Morgan fingerprint density at radius 2 is 2.06 bits per heavy atom. The highest BCUT2D eigenvalue weighted by molar-refractivity contribution is 5.78. The molecular formula is C13H21N3O2. The van der Waals surface area contributed by atoms with E-state index in [9.17, 15) is 9.90 Å². The summed E-state index contributed by atoms with van der Waals surface area (Å²) in [4.78, 5) is 17.7. The highest BCUT2D eigenvalue weighted by Crippen LogP contribution is 2.13. The first-order valence-corrected chi connectivity index (χ1v) is 6.22. The van der Waals surface area contributed by atoms with Crippen molar-refractivity contribution < 1.29 is 9.90 Å². The Kier molecular flexibility index (Phi) is 5.58. The molecule has 5 heteroatoms. The molecule has 0 unspecified atom stereocenters. The summed E-state index contributed by atoms with van der Waals surface area (Å²) < 4.78 is 0. The van der Waals surface area contributed by atoms with Crippen LogP contribution in [0.25, 0.3) is 0 Å². The fourth-order valence-electron chi connectivity index (χ4n) is 1.71. The Labute approximate surface area is 108 Å². The molecule has 1 rings (SSSR count). The van der Waals surface area contributed by atoms with Gasteiger partial charge in [0.05, 0.1) is 12.2 Å². The van der Waals surface area contributed by atoms with Crippen molar-refractivity contribution in [2.45, 2.75) is 27.3 Å². The fraction of sp³-hybridized carbons (Fsp3) is 0.538. The third-order valence-corrected chi connectivity index (χ3v) is 2.77. The summed E-state index contributed by atoms with van der Waals surface area (Å²) in [5.41, 5.74) is 1.42. The summed E-state index contributed by atoms with van der Waals surface area (Å²) in [6.45, 7) is 7.85. The molecule has 0 aliphatic carbocycles. The number of carbonyl (C=O) groups excluding carboxylic acids is 1. The van der Waals surface area contributed by atoms with Crippen LogP contribution in [0, 0.1) is 6.92 Å². The summed E-state index contributed by atoms with van der Waals surface area (Å²) in [6, 6.07) is 3.37. The Balaban J connectivity index is 2.46. The summed E-state index contributed by atoms with van der Waals surface area (Å²) in [7, 11) is 0. The molecular weight excluding hydrogens is 230 g/mol. The third kappa shape index (κ3) is 4.00. The van der Waals surface area contributed by atoms with Crippen LogP contribution in [0.15, 0.2) is 12.1 Å². The summed E-state index contributed by atoms with van der Waals surface area (Å²) in [6.07, 6.45) is 0. The molecule has 100 valence electrons. The largest absolute Gasteiger partial charge is 0.506 e. The first kappa shape index (κ1) is 14.4. The van der Waals surface area contributed by atoms with E-state index in [4.69, 9.17) is 0 Å². The maximum atomic E-state index is 11.7. The lowest BCUT2D eigenvalue weighted by molar-refractivity contribution is -0.129. The summed E-state index contributed by atoms with van der Waals surface area (Å²) in [5.74, 6) is 0.218. The van der Waals surface area contributed by atoms with Gasteiger partial charge >= 0.3 is 0 Å². The summed E-state index contributed by atoms with van der Waals surface area (Å²) in [5, 5.41) is 12.6. The van der Waals surface area contributed by atoms with Gasteiger partial charge in [0.25, 0.3) is 0 Å². The van der Waals surface area contributed by atoms with Crippen molar-refractivity contribution in [2.24, 2.45) is 0 Å². The lowest BCUT2D eigenvalue weighted by Crippen LogP contribution is -2.37. The van der Waals surface area contributed by atoms with Gasteiger partial charge in [-0.25, -0.2) is 0 Å². The minimum atomic E-state index is 0.0622. The number of amides is 1. The Bertz CT molecular complexity index is 403. The third-order valence-electron chi connectivity index (χ3n) is 2.77. The second-order valence-corrected chi connectivity index (χ2v) is 4.09. The van der Waals surface area contributed by atoms with E-state index >= 15 is 0 Å². The number of pyridine rings is 1. The van der Waals surface area contributed by atoms with E-state index < -0.39 is 0 Å². The predicted molar refractivity (Wildman–Crippen MR) is 70.3 cm³/mol. The van der Waals surface area contributed by atoms with Crippen LogP contribution in [0.4, 0.5) is 0 Å². The normalized spacial score (nSPS) is 10.4. The maximum Gasteiger partial charge on any atom is 0.236 e. The lowest BCUT2D eigenvalue weighted by Gasteiger charge is -2.18. The van der Waals surface area contributed by atoms with Crippen molar-refractivity contribution in [2.75, 3.05) is 19.6 Å². The van der Waals surface area contributed by atoms with Crippen LogP contribution in [0.1, 0.15) is 25.2 Å². The average Bonchev–Trinajstić information content (AvgIpc) is 2.35. The van der Waals surface area contributed by atoms with E-state index in [0.717, 1.165) is 5.69 Å². The van der Waals surface area contributed by atoms with E-state index in [2.05, 4.69) is 10.3 Å². The van der Waals surface area contributed by atoms with Crippen molar-refractivity contribution in [3.63, 3.8) is 0 Å². The number of nitrogens with zero attached hydrogens (tertiary/aromatic N) is 2. The number of aromatic nitrogens is 1. The van der Waals surface area contributed by atoms with Crippen molar-refractivity contribution in [3.8, 4) is 5.75 Å². The second-order valence-electron chi connectivity index (χ2n) is 4.09. The first-order chi connectivity index (χ1) is 8.58. The van der Waals surface area contributed by atoms with E-state index in [1.165, 1.54) is 0 Å². The number of likely N-dealkylation sites (N-methyl/N-ethyl adjacent to an activating group) is 1. The monoisotopic (exact) mass is 251 g/mol. The molecule has 1 aromatic rings. The number of carbonyl (C=O) groups is 1. The maximum absolute atomic E-state index is 11.7. The smallest absolute Gasteiger partial charge is 0.236 e. The zero-order valence-corrected chi connectivity index (χ0v) is 11.2. The van der Waals surface area contributed by atoms with E-state index in [-0.39, 0.29) is 18.2 Å². The minimum absolute atomic E-state index is 0.0622. The molecule has 0 saturated carbocycles. The van der Waals surface area contributed by atoms with Crippen molar-refractivity contribution in [1.82, 2.24) is 15.2 Å². The topological polar surface area (TPSA) is 65.5 Å². The predicted octanol–water partition coefficient (Wildman–Crippen LogP) is 1.05. The van der Waals surface area contributed by atoms with Crippen LogP contribution >= 0.6 is 0 Å². The molecule has 0 saturated heterocycles. The Morgan fingerprint density at radius 3 is 2.67 bits per heavy atom. The number of rotatable bonds is 6. The van der Waals surface area contributed by atoms with E-state index in [1.54, 1.807) is 17.0 Å². The molecule has 5 nitrogen and oxygen atoms in total. The van der Waals surface area contributed by atoms with E-state index in [0.29, 0.717) is 25.3 Å². The van der Waals surface area contributed by atoms with Gasteiger partial charge in [-0.15, -0.1) is 0 Å². The molecule has 18 heavy (non-hydrogen) atoms. The van der Waals surface area contributed by atoms with Crippen LogP contribution in [0.3, 0.4) is 0 Å². The molecule has 0 atom stereocenters. The molecule has 1 amide bonds. The number of aromatic hydroxyl groups is 1. The average molecular weight is 251 g/mol. The standard InChI is InChI=1S/C13H21N3O2/c1-4-16(5-2)13(18)9-14-8-11-12(17)7-6-10(3)15-11/h6-7,14,17H,4-5,8-9H2,1-3H3. The Hall–Kier alpha value is -1.62. The highest BCUT2D eigenvalue weighted by Gasteiger charge is 2.09. The van der Waals surface area contributed by atoms with Gasteiger partial charge in [-0.05, 0) is 32.9 Å². The molecule has 0 bridgehead atoms. The molecule has 0 aliphatic heterocycles. The second kappa shape index (κ2) is 6.96. The van der Waals surface area contributed by atoms with Gasteiger partial charge in [0.15, 0.2) is 0 Å². The van der Waals surface area contributed by atoms with Crippen LogP contribution in [0.5, 0.6) is 5.75 Å². The van der Waals surface area contributed by atoms with E-state index in [1.807, 2.05) is 20.8 Å². The quantitative estimate of drug-likeness (QED) is 0.793. The van der Waals surface area contributed by atoms with Crippen LogP contribution in [-0.4, -0.2) is 40.5 Å². The van der Waals surface area contributed by atoms with Crippen LogP contribution < -0.4 is 5.32 Å². The molecule has 0 aliphatic rings. The Morgan fingerprint density at radius 1 is 1.39 bits per heavy atom. The molecule has 0 spiro atoms. The van der Waals surface area contributed by atoms with Crippen LogP contribution in [0.2, 0.25) is 0 Å². The SMILES string of the molecule is CCN(CC)C(=O)CNCc1nc(C)ccc1O. The molecule has 0 radical (unpaired) electrons. The molecule has 2 N–H and O–H groups in total. The molecule has 1 aromatic heterocycles. The van der Waals surface area contributed by atoms with Gasteiger partial charge in [-0.3, -0.25) is 9.78 Å². The highest BCUT2D eigenvalue weighted by atomic mass is 16.3. The molecule has 0 aromatic carbocycles. The van der Waals surface area contributed by atoms with Gasteiger partial charge in [0.2, 0.25) is 5.91 Å². The van der Waals surface area contributed by atoms with Gasteiger partial charge < -0.3 is 15.3 Å². The fourth-order valence-corrected chi connectivity index (χ4v) is 1.71. The molecule has 0 fully saturated rings. The van der Waals surface area contributed by atoms with Crippen LogP contribution in [-0.2, 0) is 11.3 Å². The number of aryl methyl sites for hydroxylation is 1. The zero-order valence-electron chi connectivity index (χ0n) is 11.2. The van der Waals surface area contributed by atoms with Gasteiger partial charge in [0.1, 0.15) is 5.75 Å². The van der Waals surface area contributed by atoms with Gasteiger partial charge in [-0.2, -0.15) is 0 Å². The summed E-state index contributed by atoms with van der Waals surface area (Å²) >= 11 is 0. The molecule has 1 heterocycles. The number of nitrogens with one attached hydrogen (secondary N) is 1. The lowest BCUT2D eigenvalue weighted by atomic mass is 10.3. The number of hydrogen-bond acceptors (Lipinski definition) is 4. The zero-order chi connectivity index (χ0) is 13.5. The van der Waals surface area contributed by atoms with Crippen molar-refractivity contribution in [1.29, 1.82) is 0 Å². The minimum Gasteiger partial charge on any atom is -0.506 e. The number of hydrogen-bond donors (Lipinski definition) is 2. The van der Waals surface area contributed by atoms with Gasteiger partial charge in [-0.1, -0.05) is 0 Å².